The zero-order valence-corrected chi connectivity index (χ0v) is 15.4. The fraction of sp³-hybridized carbons (Fsp3) is 0.381. The van der Waals surface area contributed by atoms with Crippen molar-refractivity contribution in [3.8, 4) is 11.5 Å². The van der Waals surface area contributed by atoms with Gasteiger partial charge in [-0.1, -0.05) is 42.8 Å². The van der Waals surface area contributed by atoms with Crippen molar-refractivity contribution in [2.75, 3.05) is 32.6 Å². The molecule has 0 spiro atoms. The highest BCUT2D eigenvalue weighted by molar-refractivity contribution is 5.91. The summed E-state index contributed by atoms with van der Waals surface area (Å²) in [5.41, 5.74) is 1.92. The predicted molar refractivity (Wildman–Crippen MR) is 103 cm³/mol. The van der Waals surface area contributed by atoms with Crippen molar-refractivity contribution in [3.63, 3.8) is 0 Å². The number of hydrogen-bond donors (Lipinski definition) is 1. The number of carbonyl (C=O) groups excluding carboxylic acids is 1. The number of urea groups is 1. The Morgan fingerprint density at radius 3 is 2.58 bits per heavy atom. The van der Waals surface area contributed by atoms with E-state index in [2.05, 4.69) is 29.6 Å². The smallest absolute Gasteiger partial charge is 0.321 e. The van der Waals surface area contributed by atoms with Gasteiger partial charge in [0.05, 0.1) is 19.9 Å². The van der Waals surface area contributed by atoms with E-state index in [4.69, 9.17) is 9.47 Å². The standard InChI is InChI=1S/C21H26N2O3/c1-25-19-13-8-12-18(20(19)26-2)22-21(24)23-14-7-6-11-17(15-23)16-9-4-3-5-10-16/h3-5,8-10,12-13,17H,6-7,11,14-15H2,1-2H3,(H,22,24). The molecule has 1 atom stereocenters. The van der Waals surface area contributed by atoms with Gasteiger partial charge in [-0.3, -0.25) is 0 Å². The Balaban J connectivity index is 1.75. The molecule has 0 radical (unpaired) electrons. The molecule has 0 aliphatic carbocycles. The number of amides is 2. The molecule has 0 saturated carbocycles. The summed E-state index contributed by atoms with van der Waals surface area (Å²) in [5, 5.41) is 2.99. The van der Waals surface area contributed by atoms with E-state index in [1.807, 2.05) is 29.2 Å². The van der Waals surface area contributed by atoms with E-state index in [9.17, 15) is 4.79 Å². The van der Waals surface area contributed by atoms with E-state index in [1.165, 1.54) is 5.56 Å². The van der Waals surface area contributed by atoms with Gasteiger partial charge >= 0.3 is 6.03 Å². The molecule has 5 nitrogen and oxygen atoms in total. The van der Waals surface area contributed by atoms with E-state index in [1.54, 1.807) is 14.2 Å². The summed E-state index contributed by atoms with van der Waals surface area (Å²) in [6.45, 7) is 1.49. The Bertz CT molecular complexity index is 733. The Labute approximate surface area is 154 Å². The summed E-state index contributed by atoms with van der Waals surface area (Å²) in [7, 11) is 3.16. The number of para-hydroxylation sites is 1. The van der Waals surface area contributed by atoms with Gasteiger partial charge in [0.2, 0.25) is 0 Å². The monoisotopic (exact) mass is 354 g/mol. The van der Waals surface area contributed by atoms with E-state index in [-0.39, 0.29) is 6.03 Å². The van der Waals surface area contributed by atoms with Gasteiger partial charge in [-0.15, -0.1) is 0 Å². The summed E-state index contributed by atoms with van der Waals surface area (Å²) >= 11 is 0. The van der Waals surface area contributed by atoms with E-state index < -0.39 is 0 Å². The summed E-state index contributed by atoms with van der Waals surface area (Å²) < 4.78 is 10.7. The van der Waals surface area contributed by atoms with Crippen LogP contribution in [0.1, 0.15) is 30.7 Å². The average molecular weight is 354 g/mol. The highest BCUT2D eigenvalue weighted by Gasteiger charge is 2.24. The third-order valence-corrected chi connectivity index (χ3v) is 4.87. The quantitative estimate of drug-likeness (QED) is 0.879. The van der Waals surface area contributed by atoms with Crippen molar-refractivity contribution >= 4 is 11.7 Å². The molecule has 3 rings (SSSR count). The molecule has 2 aromatic carbocycles. The number of hydrogen-bond acceptors (Lipinski definition) is 3. The number of anilines is 1. The molecule has 5 heteroatoms. The maximum absolute atomic E-state index is 12.9. The van der Waals surface area contributed by atoms with E-state index in [0.29, 0.717) is 23.1 Å². The van der Waals surface area contributed by atoms with Gasteiger partial charge in [0.15, 0.2) is 11.5 Å². The molecule has 1 aliphatic rings. The second-order valence-corrected chi connectivity index (χ2v) is 6.52. The molecule has 26 heavy (non-hydrogen) atoms. The Kier molecular flexibility index (Phi) is 6.00. The minimum Gasteiger partial charge on any atom is -0.493 e. The zero-order chi connectivity index (χ0) is 18.4. The van der Waals surface area contributed by atoms with Gasteiger partial charge in [0.1, 0.15) is 0 Å². The van der Waals surface area contributed by atoms with Crippen LogP contribution in [0.2, 0.25) is 0 Å². The SMILES string of the molecule is COc1cccc(NC(=O)N2CCCCC(c3ccccc3)C2)c1OC. The first-order valence-electron chi connectivity index (χ1n) is 9.04. The lowest BCUT2D eigenvalue weighted by Gasteiger charge is -2.25. The molecule has 1 heterocycles. The molecule has 2 amide bonds. The van der Waals surface area contributed by atoms with E-state index in [0.717, 1.165) is 32.4 Å². The number of likely N-dealkylation sites (tertiary alicyclic amines) is 1. The highest BCUT2D eigenvalue weighted by atomic mass is 16.5. The molecular weight excluding hydrogens is 328 g/mol. The second-order valence-electron chi connectivity index (χ2n) is 6.52. The zero-order valence-electron chi connectivity index (χ0n) is 15.4. The highest BCUT2D eigenvalue weighted by Crippen LogP contribution is 2.35. The molecule has 1 aliphatic heterocycles. The van der Waals surface area contributed by atoms with Crippen LogP contribution in [0.25, 0.3) is 0 Å². The number of ether oxygens (including phenoxy) is 2. The van der Waals surface area contributed by atoms with Crippen LogP contribution in [0.5, 0.6) is 11.5 Å². The first-order chi connectivity index (χ1) is 12.7. The number of rotatable bonds is 4. The van der Waals surface area contributed by atoms with Gasteiger partial charge < -0.3 is 19.7 Å². The van der Waals surface area contributed by atoms with Crippen molar-refractivity contribution in [2.24, 2.45) is 0 Å². The average Bonchev–Trinajstić information content (AvgIpc) is 2.95. The minimum atomic E-state index is -0.0978. The van der Waals surface area contributed by atoms with Crippen LogP contribution in [0.15, 0.2) is 48.5 Å². The number of methoxy groups -OCH3 is 2. The maximum Gasteiger partial charge on any atom is 0.321 e. The molecule has 1 unspecified atom stereocenters. The topological polar surface area (TPSA) is 50.8 Å². The largest absolute Gasteiger partial charge is 0.493 e. The third-order valence-electron chi connectivity index (χ3n) is 4.87. The van der Waals surface area contributed by atoms with Crippen LogP contribution < -0.4 is 14.8 Å². The van der Waals surface area contributed by atoms with Gasteiger partial charge in [0, 0.05) is 19.0 Å². The lowest BCUT2D eigenvalue weighted by Crippen LogP contribution is -2.37. The summed E-state index contributed by atoms with van der Waals surface area (Å²) in [5.74, 6) is 1.51. The molecule has 138 valence electrons. The van der Waals surface area contributed by atoms with Crippen LogP contribution in [0, 0.1) is 0 Å². The molecule has 1 fully saturated rings. The first-order valence-corrected chi connectivity index (χ1v) is 9.04. The number of carbonyl (C=O) groups is 1. The summed E-state index contributed by atoms with van der Waals surface area (Å²) in [4.78, 5) is 14.8. The van der Waals surface area contributed by atoms with Gasteiger partial charge in [0.25, 0.3) is 0 Å². The molecule has 2 aromatic rings. The number of benzene rings is 2. The minimum absolute atomic E-state index is 0.0978. The second kappa shape index (κ2) is 8.61. The van der Waals surface area contributed by atoms with Crippen LogP contribution in [0.3, 0.4) is 0 Å². The van der Waals surface area contributed by atoms with Crippen LogP contribution >= 0.6 is 0 Å². The normalized spacial score (nSPS) is 17.3. The van der Waals surface area contributed by atoms with Gasteiger partial charge in [-0.05, 0) is 30.5 Å². The molecule has 1 saturated heterocycles. The summed E-state index contributed by atoms with van der Waals surface area (Å²) in [6, 6.07) is 15.8. The van der Waals surface area contributed by atoms with Gasteiger partial charge in [-0.25, -0.2) is 4.79 Å². The fourth-order valence-electron chi connectivity index (χ4n) is 3.50. The van der Waals surface area contributed by atoms with Crippen LogP contribution in [-0.4, -0.2) is 38.2 Å². The number of nitrogens with one attached hydrogen (secondary N) is 1. The van der Waals surface area contributed by atoms with Crippen molar-refractivity contribution in [2.45, 2.75) is 25.2 Å². The Morgan fingerprint density at radius 1 is 1.04 bits per heavy atom. The molecular formula is C21H26N2O3. The van der Waals surface area contributed by atoms with Crippen molar-refractivity contribution < 1.29 is 14.3 Å². The first kappa shape index (κ1) is 18.1. The summed E-state index contributed by atoms with van der Waals surface area (Å²) in [6.07, 6.45) is 3.26. The van der Waals surface area contributed by atoms with Crippen LogP contribution in [0.4, 0.5) is 10.5 Å². The van der Waals surface area contributed by atoms with Crippen molar-refractivity contribution in [1.29, 1.82) is 0 Å². The fourth-order valence-corrected chi connectivity index (χ4v) is 3.50. The Hall–Kier alpha value is -2.69. The van der Waals surface area contributed by atoms with Crippen molar-refractivity contribution in [3.05, 3.63) is 54.1 Å². The maximum atomic E-state index is 12.9. The lowest BCUT2D eigenvalue weighted by atomic mass is 9.94. The van der Waals surface area contributed by atoms with Crippen LogP contribution in [-0.2, 0) is 0 Å². The lowest BCUT2D eigenvalue weighted by molar-refractivity contribution is 0.211. The third kappa shape index (κ3) is 4.10. The predicted octanol–water partition coefficient (Wildman–Crippen LogP) is 4.51. The van der Waals surface area contributed by atoms with Crippen molar-refractivity contribution in [1.82, 2.24) is 4.90 Å². The Morgan fingerprint density at radius 2 is 1.85 bits per heavy atom. The molecule has 0 aromatic heterocycles. The van der Waals surface area contributed by atoms with Gasteiger partial charge in [-0.2, -0.15) is 0 Å². The number of nitrogens with zero attached hydrogens (tertiary/aromatic N) is 1. The molecule has 0 bridgehead atoms. The molecule has 1 N–H and O–H groups in total. The van der Waals surface area contributed by atoms with E-state index >= 15 is 0 Å².